The van der Waals surface area contributed by atoms with Gasteiger partial charge in [0, 0.05) is 25.9 Å². The van der Waals surface area contributed by atoms with Gasteiger partial charge in [0.2, 0.25) is 0 Å². The molecule has 1 saturated heterocycles. The molecule has 1 saturated carbocycles. The van der Waals surface area contributed by atoms with E-state index < -0.39 is 0 Å². The average molecular weight is 265 g/mol. The summed E-state index contributed by atoms with van der Waals surface area (Å²) in [4.78, 5) is 13.6. The molecule has 1 aliphatic carbocycles. The van der Waals surface area contributed by atoms with E-state index in [2.05, 4.69) is 5.10 Å². The van der Waals surface area contributed by atoms with Crippen LogP contribution in [0.1, 0.15) is 25.7 Å². The van der Waals surface area contributed by atoms with Crippen LogP contribution in [0.25, 0.3) is 0 Å². The second-order valence-electron chi connectivity index (χ2n) is 5.61. The third kappa shape index (κ3) is 2.20. The molecular weight excluding hydrogens is 246 g/mol. The van der Waals surface area contributed by atoms with Gasteiger partial charge in [-0.1, -0.05) is 0 Å². The highest BCUT2D eigenvalue weighted by Crippen LogP contribution is 2.40. The second-order valence-corrected chi connectivity index (χ2v) is 5.61. The standard InChI is InChI=1S/C13H19N3O3/c1-15-7-4-11(14-15)16-9-13(19-12(16)18)5-2-10(8-17)3-6-13/h4,7,10,17H,2-3,5-6,8-9H2,1H3/t10-,13-. The predicted octanol–water partition coefficient (Wildman–Crippen LogP) is 1.30. The topological polar surface area (TPSA) is 67.6 Å². The van der Waals surface area contributed by atoms with E-state index in [4.69, 9.17) is 4.74 Å². The lowest BCUT2D eigenvalue weighted by atomic mass is 9.79. The van der Waals surface area contributed by atoms with Crippen molar-refractivity contribution in [3.05, 3.63) is 12.3 Å². The molecule has 1 aromatic rings. The number of ether oxygens (including phenoxy) is 1. The number of amides is 1. The van der Waals surface area contributed by atoms with Gasteiger partial charge in [0.15, 0.2) is 5.82 Å². The van der Waals surface area contributed by atoms with E-state index in [0.717, 1.165) is 25.7 Å². The van der Waals surface area contributed by atoms with Crippen LogP contribution >= 0.6 is 0 Å². The Morgan fingerprint density at radius 3 is 2.84 bits per heavy atom. The van der Waals surface area contributed by atoms with Crippen LogP contribution in [0.15, 0.2) is 12.3 Å². The summed E-state index contributed by atoms with van der Waals surface area (Å²) in [6.07, 6.45) is 5.00. The number of carbonyl (C=O) groups is 1. The van der Waals surface area contributed by atoms with Gasteiger partial charge in [0.1, 0.15) is 5.60 Å². The molecule has 0 bridgehead atoms. The minimum absolute atomic E-state index is 0.230. The minimum atomic E-state index is -0.375. The average Bonchev–Trinajstić information content (AvgIpc) is 2.95. The van der Waals surface area contributed by atoms with Crippen LogP contribution in [0, 0.1) is 5.92 Å². The smallest absolute Gasteiger partial charge is 0.416 e. The molecule has 1 amide bonds. The normalized spacial score (nSPS) is 30.9. The molecule has 0 unspecified atom stereocenters. The van der Waals surface area contributed by atoms with Gasteiger partial charge in [-0.05, 0) is 31.6 Å². The summed E-state index contributed by atoms with van der Waals surface area (Å²) < 4.78 is 7.29. The molecule has 0 radical (unpaired) electrons. The van der Waals surface area contributed by atoms with E-state index in [9.17, 15) is 9.90 Å². The van der Waals surface area contributed by atoms with Gasteiger partial charge in [-0.15, -0.1) is 0 Å². The maximum atomic E-state index is 12.0. The summed E-state index contributed by atoms with van der Waals surface area (Å²) in [5.41, 5.74) is -0.375. The summed E-state index contributed by atoms with van der Waals surface area (Å²) in [5.74, 6) is 1.00. The van der Waals surface area contributed by atoms with Crippen molar-refractivity contribution in [3.63, 3.8) is 0 Å². The molecular formula is C13H19N3O3. The number of rotatable bonds is 2. The molecule has 6 nitrogen and oxygen atoms in total. The number of anilines is 1. The molecule has 1 spiro atoms. The van der Waals surface area contributed by atoms with Crippen molar-refractivity contribution < 1.29 is 14.6 Å². The highest BCUT2D eigenvalue weighted by Gasteiger charge is 2.48. The van der Waals surface area contributed by atoms with E-state index >= 15 is 0 Å². The Bertz CT molecular complexity index is 477. The fourth-order valence-corrected chi connectivity index (χ4v) is 2.99. The van der Waals surface area contributed by atoms with Crippen LogP contribution in [0.2, 0.25) is 0 Å². The number of aliphatic hydroxyl groups is 1. The maximum Gasteiger partial charge on any atom is 0.416 e. The highest BCUT2D eigenvalue weighted by atomic mass is 16.6. The zero-order valence-electron chi connectivity index (χ0n) is 11.1. The maximum absolute atomic E-state index is 12.0. The molecule has 1 N–H and O–H groups in total. The zero-order chi connectivity index (χ0) is 13.5. The largest absolute Gasteiger partial charge is 0.441 e. The third-order valence-electron chi connectivity index (χ3n) is 4.22. The summed E-state index contributed by atoms with van der Waals surface area (Å²) >= 11 is 0. The summed E-state index contributed by atoms with van der Waals surface area (Å²) in [7, 11) is 1.83. The summed E-state index contributed by atoms with van der Waals surface area (Å²) in [6.45, 7) is 0.801. The number of aryl methyl sites for hydroxylation is 1. The predicted molar refractivity (Wildman–Crippen MR) is 68.8 cm³/mol. The molecule has 6 heteroatoms. The highest BCUT2D eigenvalue weighted by molar-refractivity contribution is 5.89. The van der Waals surface area contributed by atoms with E-state index in [-0.39, 0.29) is 18.3 Å². The van der Waals surface area contributed by atoms with Crippen molar-refractivity contribution in [1.29, 1.82) is 0 Å². The number of nitrogens with zero attached hydrogens (tertiary/aromatic N) is 3. The van der Waals surface area contributed by atoms with E-state index in [0.29, 0.717) is 18.3 Å². The quantitative estimate of drug-likeness (QED) is 0.875. The Morgan fingerprint density at radius 1 is 1.53 bits per heavy atom. The lowest BCUT2D eigenvalue weighted by Gasteiger charge is -2.34. The Kier molecular flexibility index (Phi) is 2.97. The van der Waals surface area contributed by atoms with Crippen molar-refractivity contribution in [2.45, 2.75) is 31.3 Å². The molecule has 0 atom stereocenters. The third-order valence-corrected chi connectivity index (χ3v) is 4.22. The van der Waals surface area contributed by atoms with Gasteiger partial charge in [0.25, 0.3) is 0 Å². The molecule has 2 aliphatic rings. The molecule has 2 fully saturated rings. The lowest BCUT2D eigenvalue weighted by Crippen LogP contribution is -2.39. The van der Waals surface area contributed by atoms with Crippen molar-refractivity contribution in [3.8, 4) is 0 Å². The van der Waals surface area contributed by atoms with Gasteiger partial charge in [-0.2, -0.15) is 5.10 Å². The number of hydrogen-bond donors (Lipinski definition) is 1. The first-order valence-electron chi connectivity index (χ1n) is 6.73. The van der Waals surface area contributed by atoms with Crippen molar-refractivity contribution in [1.82, 2.24) is 9.78 Å². The molecule has 19 heavy (non-hydrogen) atoms. The van der Waals surface area contributed by atoms with E-state index in [1.54, 1.807) is 9.58 Å². The number of aliphatic hydroxyl groups excluding tert-OH is 1. The second kappa shape index (κ2) is 4.52. The Morgan fingerprint density at radius 2 is 2.26 bits per heavy atom. The molecule has 2 heterocycles. The summed E-state index contributed by atoms with van der Waals surface area (Å²) in [6, 6.07) is 1.82. The summed E-state index contributed by atoms with van der Waals surface area (Å²) in [5, 5.41) is 13.4. The molecule has 1 aromatic heterocycles. The van der Waals surface area contributed by atoms with Gasteiger partial charge in [-0.3, -0.25) is 9.58 Å². The van der Waals surface area contributed by atoms with Crippen molar-refractivity contribution >= 4 is 11.9 Å². The minimum Gasteiger partial charge on any atom is -0.441 e. The first-order valence-corrected chi connectivity index (χ1v) is 6.73. The Labute approximate surface area is 112 Å². The molecule has 104 valence electrons. The first-order chi connectivity index (χ1) is 9.12. The van der Waals surface area contributed by atoms with Crippen LogP contribution in [0.3, 0.4) is 0 Å². The number of aromatic nitrogens is 2. The van der Waals surface area contributed by atoms with Gasteiger partial charge < -0.3 is 9.84 Å². The monoisotopic (exact) mass is 265 g/mol. The molecule has 0 aromatic carbocycles. The zero-order valence-corrected chi connectivity index (χ0v) is 11.1. The molecule has 1 aliphatic heterocycles. The van der Waals surface area contributed by atoms with Crippen LogP contribution in [0.5, 0.6) is 0 Å². The van der Waals surface area contributed by atoms with Gasteiger partial charge >= 0.3 is 6.09 Å². The number of hydrogen-bond acceptors (Lipinski definition) is 4. The van der Waals surface area contributed by atoms with Gasteiger partial charge in [0.05, 0.1) is 6.54 Å². The van der Waals surface area contributed by atoms with Crippen molar-refractivity contribution in [2.75, 3.05) is 18.1 Å². The van der Waals surface area contributed by atoms with E-state index in [1.165, 1.54) is 0 Å². The van der Waals surface area contributed by atoms with Crippen molar-refractivity contribution in [2.24, 2.45) is 13.0 Å². The first kappa shape index (κ1) is 12.5. The van der Waals surface area contributed by atoms with Crippen LogP contribution in [0.4, 0.5) is 10.6 Å². The SMILES string of the molecule is Cn1ccc(N2C[C@]3(CC[C@@H](CO)CC3)OC2=O)n1. The number of carbonyl (C=O) groups excluding carboxylic acids is 1. The van der Waals surface area contributed by atoms with Crippen LogP contribution in [-0.4, -0.2) is 39.7 Å². The fourth-order valence-electron chi connectivity index (χ4n) is 2.99. The molecule has 3 rings (SSSR count). The Hall–Kier alpha value is -1.56. The lowest BCUT2D eigenvalue weighted by molar-refractivity contribution is 0.00557. The van der Waals surface area contributed by atoms with Crippen LogP contribution in [-0.2, 0) is 11.8 Å². The Balaban J connectivity index is 1.73. The fraction of sp³-hybridized carbons (Fsp3) is 0.692. The van der Waals surface area contributed by atoms with Crippen LogP contribution < -0.4 is 4.90 Å². The van der Waals surface area contributed by atoms with Gasteiger partial charge in [-0.25, -0.2) is 4.79 Å². The van der Waals surface area contributed by atoms with E-state index in [1.807, 2.05) is 19.3 Å².